The summed E-state index contributed by atoms with van der Waals surface area (Å²) in [6, 6.07) is 20.6. The molecule has 5 amide bonds. The largest absolute Gasteiger partial charge is 0.493 e. The summed E-state index contributed by atoms with van der Waals surface area (Å²) >= 11 is 0. The molecule has 0 atom stereocenters. The minimum atomic E-state index is -0.676. The van der Waals surface area contributed by atoms with Gasteiger partial charge < -0.3 is 25.0 Å². The topological polar surface area (TPSA) is 117 Å². The summed E-state index contributed by atoms with van der Waals surface area (Å²) in [4.78, 5) is 53.1. The van der Waals surface area contributed by atoms with Crippen LogP contribution < -0.4 is 20.1 Å². The van der Waals surface area contributed by atoms with Crippen LogP contribution in [0.25, 0.3) is 6.08 Å². The van der Waals surface area contributed by atoms with Crippen molar-refractivity contribution in [3.05, 3.63) is 95.2 Å². The van der Waals surface area contributed by atoms with Crippen LogP contribution in [-0.4, -0.2) is 60.3 Å². The van der Waals surface area contributed by atoms with Crippen molar-refractivity contribution in [2.75, 3.05) is 32.1 Å². The second kappa shape index (κ2) is 13.0. The number of carbonyl (C=O) groups is 4. The summed E-state index contributed by atoms with van der Waals surface area (Å²) < 4.78 is 11.5. The first-order valence-electron chi connectivity index (χ1n) is 13.8. The predicted molar refractivity (Wildman–Crippen MR) is 157 cm³/mol. The summed E-state index contributed by atoms with van der Waals surface area (Å²) in [7, 11) is 1.51. The Morgan fingerprint density at radius 2 is 1.67 bits per heavy atom. The first-order valence-corrected chi connectivity index (χ1v) is 13.8. The third kappa shape index (κ3) is 6.77. The Morgan fingerprint density at radius 1 is 0.929 bits per heavy atom. The fourth-order valence-electron chi connectivity index (χ4n) is 4.82. The second-order valence-corrected chi connectivity index (χ2v) is 10.0. The molecule has 2 aliphatic rings. The van der Waals surface area contributed by atoms with Gasteiger partial charge in [-0.3, -0.25) is 14.4 Å². The van der Waals surface area contributed by atoms with E-state index in [1.165, 1.54) is 19.6 Å². The highest BCUT2D eigenvalue weighted by molar-refractivity contribution is 6.16. The number of piperidine rings is 1. The van der Waals surface area contributed by atoms with Gasteiger partial charge in [-0.05, 0) is 72.9 Å². The van der Waals surface area contributed by atoms with Gasteiger partial charge in [-0.25, -0.2) is 9.69 Å². The van der Waals surface area contributed by atoms with Gasteiger partial charge in [0.25, 0.3) is 11.8 Å². The van der Waals surface area contributed by atoms with E-state index in [9.17, 15) is 19.2 Å². The molecule has 2 heterocycles. The lowest BCUT2D eigenvalue weighted by atomic mass is 10.1. The Bertz CT molecular complexity index is 1500. The number of nitrogens with zero attached hydrogens (tertiary/aromatic N) is 2. The molecular formula is C32H32N4O6. The third-order valence-corrected chi connectivity index (χ3v) is 7.06. The lowest BCUT2D eigenvalue weighted by molar-refractivity contribution is -0.127. The predicted octanol–water partition coefficient (Wildman–Crippen LogP) is 4.43. The van der Waals surface area contributed by atoms with Crippen LogP contribution in [0.1, 0.15) is 40.7 Å². The molecule has 0 radical (unpaired) electrons. The van der Waals surface area contributed by atoms with E-state index in [0.717, 1.165) is 36.4 Å². The van der Waals surface area contributed by atoms with Gasteiger partial charge in [0, 0.05) is 24.3 Å². The third-order valence-electron chi connectivity index (χ3n) is 7.06. The van der Waals surface area contributed by atoms with Crippen molar-refractivity contribution >= 4 is 35.5 Å². The van der Waals surface area contributed by atoms with Gasteiger partial charge in [-0.2, -0.15) is 0 Å². The molecule has 2 fully saturated rings. The van der Waals surface area contributed by atoms with Crippen LogP contribution in [0.2, 0.25) is 0 Å². The Balaban J connectivity index is 1.19. The van der Waals surface area contributed by atoms with Crippen LogP contribution in [0.4, 0.5) is 10.5 Å². The molecule has 3 aromatic rings. The number of likely N-dealkylation sites (tertiary alicyclic amines) is 1. The Kier molecular flexibility index (Phi) is 8.81. The normalized spacial score (nSPS) is 15.9. The van der Waals surface area contributed by atoms with Crippen molar-refractivity contribution < 1.29 is 28.7 Å². The molecule has 0 spiro atoms. The van der Waals surface area contributed by atoms with Crippen molar-refractivity contribution in [2.45, 2.75) is 25.9 Å². The molecule has 5 rings (SSSR count). The van der Waals surface area contributed by atoms with E-state index >= 15 is 0 Å². The number of carbonyl (C=O) groups excluding carboxylic acids is 4. The van der Waals surface area contributed by atoms with Crippen molar-refractivity contribution in [1.82, 2.24) is 15.1 Å². The molecule has 0 aromatic heterocycles. The van der Waals surface area contributed by atoms with E-state index < -0.39 is 24.4 Å². The SMILES string of the molecule is COc1cc(/C=C2\NC(=O)N(CC(=O)Nc3ccccc3)C2=O)ccc1OCc1ccc(C(=O)N2CCCCC2)cc1. The second-order valence-electron chi connectivity index (χ2n) is 10.0. The summed E-state index contributed by atoms with van der Waals surface area (Å²) in [5, 5.41) is 5.18. The van der Waals surface area contributed by atoms with Gasteiger partial charge in [-0.1, -0.05) is 36.4 Å². The van der Waals surface area contributed by atoms with Gasteiger partial charge in [0.05, 0.1) is 7.11 Å². The van der Waals surface area contributed by atoms with Crippen LogP contribution in [0.5, 0.6) is 11.5 Å². The number of nitrogens with one attached hydrogen (secondary N) is 2. The number of hydrogen-bond acceptors (Lipinski definition) is 6. The van der Waals surface area contributed by atoms with Crippen LogP contribution in [-0.2, 0) is 16.2 Å². The van der Waals surface area contributed by atoms with Crippen molar-refractivity contribution in [3.63, 3.8) is 0 Å². The van der Waals surface area contributed by atoms with E-state index in [2.05, 4.69) is 10.6 Å². The summed E-state index contributed by atoms with van der Waals surface area (Å²) in [6.45, 7) is 1.46. The molecule has 10 nitrogen and oxygen atoms in total. The highest BCUT2D eigenvalue weighted by atomic mass is 16.5. The van der Waals surface area contributed by atoms with Crippen LogP contribution in [0.3, 0.4) is 0 Å². The minimum Gasteiger partial charge on any atom is -0.493 e. The lowest BCUT2D eigenvalue weighted by Crippen LogP contribution is -2.38. The van der Waals surface area contributed by atoms with Gasteiger partial charge in [0.1, 0.15) is 18.8 Å². The average molecular weight is 569 g/mol. The molecule has 3 aromatic carbocycles. The molecule has 2 N–H and O–H groups in total. The first kappa shape index (κ1) is 28.4. The smallest absolute Gasteiger partial charge is 0.329 e. The van der Waals surface area contributed by atoms with E-state index in [1.54, 1.807) is 42.5 Å². The summed E-state index contributed by atoms with van der Waals surface area (Å²) in [6.07, 6.45) is 4.78. The summed E-state index contributed by atoms with van der Waals surface area (Å²) in [5.41, 5.74) is 2.77. The number of anilines is 1. The van der Waals surface area contributed by atoms with E-state index in [-0.39, 0.29) is 18.2 Å². The molecular weight excluding hydrogens is 536 g/mol. The zero-order valence-corrected chi connectivity index (χ0v) is 23.3. The first-order chi connectivity index (χ1) is 20.4. The Labute approximate surface area is 243 Å². The van der Waals surface area contributed by atoms with Crippen molar-refractivity contribution in [2.24, 2.45) is 0 Å². The minimum absolute atomic E-state index is 0.0439. The highest BCUT2D eigenvalue weighted by Crippen LogP contribution is 2.30. The monoisotopic (exact) mass is 568 g/mol. The van der Waals surface area contributed by atoms with Crippen LogP contribution in [0.15, 0.2) is 78.5 Å². The fourth-order valence-corrected chi connectivity index (χ4v) is 4.82. The zero-order valence-electron chi connectivity index (χ0n) is 23.3. The zero-order chi connectivity index (χ0) is 29.5. The summed E-state index contributed by atoms with van der Waals surface area (Å²) in [5.74, 6) is -0.0997. The number of amides is 5. The highest BCUT2D eigenvalue weighted by Gasteiger charge is 2.35. The quantitative estimate of drug-likeness (QED) is 0.291. The average Bonchev–Trinajstić information content (AvgIpc) is 3.28. The maximum Gasteiger partial charge on any atom is 0.329 e. The molecule has 216 valence electrons. The molecule has 0 bridgehead atoms. The molecule has 0 aliphatic carbocycles. The van der Waals surface area contributed by atoms with E-state index in [1.807, 2.05) is 35.2 Å². The maximum atomic E-state index is 12.9. The number of urea groups is 1. The van der Waals surface area contributed by atoms with Gasteiger partial charge in [0.2, 0.25) is 5.91 Å². The van der Waals surface area contributed by atoms with Gasteiger partial charge >= 0.3 is 6.03 Å². The molecule has 42 heavy (non-hydrogen) atoms. The number of ether oxygens (including phenoxy) is 2. The van der Waals surface area contributed by atoms with Gasteiger partial charge in [-0.15, -0.1) is 0 Å². The molecule has 2 saturated heterocycles. The fraction of sp³-hybridized carbons (Fsp3) is 0.250. The van der Waals surface area contributed by atoms with Gasteiger partial charge in [0.15, 0.2) is 11.5 Å². The van der Waals surface area contributed by atoms with E-state index in [0.29, 0.717) is 28.3 Å². The van der Waals surface area contributed by atoms with Crippen LogP contribution in [0, 0.1) is 0 Å². The number of benzene rings is 3. The molecule has 10 heteroatoms. The van der Waals surface area contributed by atoms with Crippen molar-refractivity contribution in [1.29, 1.82) is 0 Å². The standard InChI is InChI=1S/C32H32N4O6/c1-41-28-19-23(18-26-31(39)36(32(40)34-26)20-29(37)33-25-8-4-2-5-9-25)12-15-27(28)42-21-22-10-13-24(14-11-22)30(38)35-16-6-3-7-17-35/h2,4-5,8-15,18-19H,3,6-7,16-17,20-21H2,1H3,(H,33,37)(H,34,40)/b26-18-. The number of hydrogen-bond donors (Lipinski definition) is 2. The number of imide groups is 1. The van der Waals surface area contributed by atoms with Crippen LogP contribution >= 0.6 is 0 Å². The number of methoxy groups -OCH3 is 1. The van der Waals surface area contributed by atoms with E-state index in [4.69, 9.17) is 9.47 Å². The number of rotatable bonds is 9. The number of para-hydroxylation sites is 1. The maximum absolute atomic E-state index is 12.9. The molecule has 0 saturated carbocycles. The lowest BCUT2D eigenvalue weighted by Gasteiger charge is -2.26. The Morgan fingerprint density at radius 3 is 2.38 bits per heavy atom. The Hall–Kier alpha value is -5.12. The molecule has 0 unspecified atom stereocenters. The molecule has 2 aliphatic heterocycles. The van der Waals surface area contributed by atoms with Crippen molar-refractivity contribution in [3.8, 4) is 11.5 Å².